The molecule has 6 heteroatoms. The van der Waals surface area contributed by atoms with Crippen molar-refractivity contribution in [3.63, 3.8) is 0 Å². The van der Waals surface area contributed by atoms with Crippen molar-refractivity contribution in [3.8, 4) is 0 Å². The molecule has 2 aromatic carbocycles. The molecule has 2 aliphatic rings. The molecular weight excluding hydrogens is 426 g/mol. The van der Waals surface area contributed by atoms with E-state index >= 15 is 0 Å². The Morgan fingerprint density at radius 3 is 2.29 bits per heavy atom. The van der Waals surface area contributed by atoms with E-state index in [0.29, 0.717) is 5.91 Å². The average Bonchev–Trinajstić information content (AvgIpc) is 3.09. The van der Waals surface area contributed by atoms with Gasteiger partial charge in [-0.15, -0.1) is 24.2 Å². The molecule has 0 unspecified atom stereocenters. The fourth-order valence-corrected chi connectivity index (χ4v) is 5.26. The highest BCUT2D eigenvalue weighted by molar-refractivity contribution is 7.98. The predicted molar refractivity (Wildman–Crippen MR) is 132 cm³/mol. The minimum absolute atomic E-state index is 0. The topological polar surface area (TPSA) is 49.6 Å². The SMILES string of the molecule is CSc1ccc(CN2CCC3(CCN(CC[C@H](N)c4ccccc4)CC3)C2=O)cc1.Cl. The number of halogens is 1. The number of piperidine rings is 1. The molecule has 2 saturated heterocycles. The van der Waals surface area contributed by atoms with Crippen LogP contribution in [-0.2, 0) is 11.3 Å². The number of amides is 1. The number of nitrogens with two attached hydrogens (primary N) is 1. The van der Waals surface area contributed by atoms with E-state index in [1.54, 1.807) is 11.8 Å². The van der Waals surface area contributed by atoms with Gasteiger partial charge in [-0.1, -0.05) is 42.5 Å². The summed E-state index contributed by atoms with van der Waals surface area (Å²) in [6, 6.07) is 19.0. The zero-order valence-electron chi connectivity index (χ0n) is 18.3. The van der Waals surface area contributed by atoms with Crippen molar-refractivity contribution in [1.82, 2.24) is 9.80 Å². The second kappa shape index (κ2) is 10.9. The highest BCUT2D eigenvalue weighted by atomic mass is 35.5. The molecule has 0 radical (unpaired) electrons. The minimum Gasteiger partial charge on any atom is -0.338 e. The third kappa shape index (κ3) is 5.64. The zero-order chi connectivity index (χ0) is 21.0. The van der Waals surface area contributed by atoms with E-state index in [-0.39, 0.29) is 23.9 Å². The third-order valence-corrected chi connectivity index (χ3v) is 7.67. The van der Waals surface area contributed by atoms with Crippen LogP contribution in [0.5, 0.6) is 0 Å². The molecule has 2 N–H and O–H groups in total. The molecule has 0 aliphatic carbocycles. The normalized spacial score (nSPS) is 19.4. The second-order valence-corrected chi connectivity index (χ2v) is 9.63. The molecule has 168 valence electrons. The molecule has 0 saturated carbocycles. The van der Waals surface area contributed by atoms with Crippen molar-refractivity contribution in [2.45, 2.75) is 43.2 Å². The van der Waals surface area contributed by atoms with Gasteiger partial charge in [0, 0.05) is 24.0 Å². The molecule has 2 aromatic rings. The summed E-state index contributed by atoms with van der Waals surface area (Å²) in [5.74, 6) is 0.372. The number of rotatable bonds is 7. The Morgan fingerprint density at radius 1 is 1.00 bits per heavy atom. The van der Waals surface area contributed by atoms with Crippen LogP contribution in [0.25, 0.3) is 0 Å². The summed E-state index contributed by atoms with van der Waals surface area (Å²) in [5, 5.41) is 0. The lowest BCUT2D eigenvalue weighted by Crippen LogP contribution is -2.45. The van der Waals surface area contributed by atoms with E-state index in [9.17, 15) is 4.79 Å². The van der Waals surface area contributed by atoms with Crippen LogP contribution < -0.4 is 5.73 Å². The fraction of sp³-hybridized carbons (Fsp3) is 0.480. The van der Waals surface area contributed by atoms with Crippen molar-refractivity contribution < 1.29 is 4.79 Å². The molecule has 2 heterocycles. The summed E-state index contributed by atoms with van der Waals surface area (Å²) < 4.78 is 0. The Hall–Kier alpha value is -1.53. The number of likely N-dealkylation sites (tertiary alicyclic amines) is 2. The Balaban J connectivity index is 0.00000272. The highest BCUT2D eigenvalue weighted by Crippen LogP contribution is 2.42. The Bertz CT molecular complexity index is 838. The van der Waals surface area contributed by atoms with E-state index in [4.69, 9.17) is 5.73 Å². The van der Waals surface area contributed by atoms with Gasteiger partial charge in [0.1, 0.15) is 0 Å². The van der Waals surface area contributed by atoms with Crippen LogP contribution in [0.2, 0.25) is 0 Å². The van der Waals surface area contributed by atoms with E-state index in [1.165, 1.54) is 16.0 Å². The monoisotopic (exact) mass is 459 g/mol. The molecule has 4 rings (SSSR count). The van der Waals surface area contributed by atoms with Gasteiger partial charge in [-0.2, -0.15) is 0 Å². The van der Waals surface area contributed by atoms with Gasteiger partial charge in [0.2, 0.25) is 5.91 Å². The quantitative estimate of drug-likeness (QED) is 0.608. The van der Waals surface area contributed by atoms with Crippen molar-refractivity contribution in [3.05, 3.63) is 65.7 Å². The van der Waals surface area contributed by atoms with E-state index in [2.05, 4.69) is 64.6 Å². The number of carbonyl (C=O) groups excluding carboxylic acids is 1. The Labute approximate surface area is 197 Å². The first-order valence-electron chi connectivity index (χ1n) is 11.0. The average molecular weight is 460 g/mol. The van der Waals surface area contributed by atoms with Crippen molar-refractivity contribution in [2.75, 3.05) is 32.4 Å². The lowest BCUT2D eigenvalue weighted by atomic mass is 9.77. The largest absolute Gasteiger partial charge is 0.338 e. The first kappa shape index (κ1) is 24.1. The smallest absolute Gasteiger partial charge is 0.229 e. The summed E-state index contributed by atoms with van der Waals surface area (Å²) in [6.07, 6.45) is 6.02. The maximum absolute atomic E-state index is 13.3. The van der Waals surface area contributed by atoms with Gasteiger partial charge in [-0.05, 0) is 74.8 Å². The number of carbonyl (C=O) groups is 1. The molecule has 2 aliphatic heterocycles. The van der Waals surface area contributed by atoms with Crippen LogP contribution >= 0.6 is 24.2 Å². The second-order valence-electron chi connectivity index (χ2n) is 8.75. The molecule has 31 heavy (non-hydrogen) atoms. The summed E-state index contributed by atoms with van der Waals surface area (Å²) in [7, 11) is 0. The summed E-state index contributed by atoms with van der Waals surface area (Å²) in [6.45, 7) is 4.64. The molecule has 4 nitrogen and oxygen atoms in total. The van der Waals surface area contributed by atoms with Crippen LogP contribution in [0, 0.1) is 5.41 Å². The lowest BCUT2D eigenvalue weighted by Gasteiger charge is -2.38. The summed E-state index contributed by atoms with van der Waals surface area (Å²) in [5.41, 5.74) is 8.68. The molecule has 0 bridgehead atoms. The highest BCUT2D eigenvalue weighted by Gasteiger charge is 2.47. The number of hydrogen-bond donors (Lipinski definition) is 1. The number of hydrogen-bond acceptors (Lipinski definition) is 4. The Morgan fingerprint density at radius 2 is 1.65 bits per heavy atom. The number of thioether (sulfide) groups is 1. The van der Waals surface area contributed by atoms with E-state index in [1.807, 2.05) is 6.07 Å². The van der Waals surface area contributed by atoms with Gasteiger partial charge in [0.25, 0.3) is 0 Å². The first-order valence-corrected chi connectivity index (χ1v) is 12.3. The predicted octanol–water partition coefficient (Wildman–Crippen LogP) is 4.73. The molecular formula is C25H34ClN3OS. The van der Waals surface area contributed by atoms with Crippen LogP contribution in [0.1, 0.15) is 42.9 Å². The van der Waals surface area contributed by atoms with Gasteiger partial charge in [0.15, 0.2) is 0 Å². The molecule has 1 spiro atoms. The molecule has 0 aromatic heterocycles. The van der Waals surface area contributed by atoms with Crippen molar-refractivity contribution >= 4 is 30.1 Å². The van der Waals surface area contributed by atoms with Gasteiger partial charge in [-0.3, -0.25) is 4.79 Å². The fourth-order valence-electron chi connectivity index (χ4n) is 4.85. The van der Waals surface area contributed by atoms with Crippen LogP contribution in [0.3, 0.4) is 0 Å². The van der Waals surface area contributed by atoms with E-state index in [0.717, 1.165) is 58.4 Å². The van der Waals surface area contributed by atoms with Crippen LogP contribution in [0.15, 0.2) is 59.5 Å². The van der Waals surface area contributed by atoms with Crippen molar-refractivity contribution in [1.29, 1.82) is 0 Å². The molecule has 1 amide bonds. The van der Waals surface area contributed by atoms with Crippen LogP contribution in [0.4, 0.5) is 0 Å². The third-order valence-electron chi connectivity index (χ3n) is 6.93. The maximum Gasteiger partial charge on any atom is 0.229 e. The van der Waals surface area contributed by atoms with Gasteiger partial charge in [0.05, 0.1) is 5.41 Å². The van der Waals surface area contributed by atoms with Gasteiger partial charge in [-0.25, -0.2) is 0 Å². The maximum atomic E-state index is 13.3. The zero-order valence-corrected chi connectivity index (χ0v) is 20.0. The minimum atomic E-state index is -0.128. The number of benzene rings is 2. The molecule has 2 fully saturated rings. The standard InChI is InChI=1S/C25H33N3OS.ClH/c1-30-22-9-7-20(8-10-22)19-28-18-14-25(24(28)29)12-16-27(17-13-25)15-11-23(26)21-5-3-2-4-6-21;/h2-10,23H,11-19,26H2,1H3;1H/t23-;/m0./s1. The van der Waals surface area contributed by atoms with Crippen LogP contribution in [-0.4, -0.2) is 48.1 Å². The summed E-state index contributed by atoms with van der Waals surface area (Å²) >= 11 is 1.75. The van der Waals surface area contributed by atoms with Gasteiger partial charge < -0.3 is 15.5 Å². The number of nitrogens with zero attached hydrogens (tertiary/aromatic N) is 2. The van der Waals surface area contributed by atoms with Crippen molar-refractivity contribution in [2.24, 2.45) is 11.1 Å². The first-order chi connectivity index (χ1) is 14.6. The molecule has 1 atom stereocenters. The van der Waals surface area contributed by atoms with Gasteiger partial charge >= 0.3 is 0 Å². The lowest BCUT2D eigenvalue weighted by molar-refractivity contribution is -0.138. The Kier molecular flexibility index (Phi) is 8.45. The summed E-state index contributed by atoms with van der Waals surface area (Å²) in [4.78, 5) is 19.1. The van der Waals surface area contributed by atoms with E-state index < -0.39 is 0 Å².